The second-order valence-electron chi connectivity index (χ2n) is 8.01. The van der Waals surface area contributed by atoms with Crippen molar-refractivity contribution in [2.24, 2.45) is 5.92 Å². The number of halogens is 3. The molecule has 4 rings (SSSR count). The van der Waals surface area contributed by atoms with E-state index >= 15 is 0 Å². The van der Waals surface area contributed by atoms with Crippen LogP contribution in [-0.4, -0.2) is 0 Å². The number of hydrogen-bond donors (Lipinski definition) is 0. The topological polar surface area (TPSA) is 0 Å². The first-order chi connectivity index (χ1) is 14.0. The van der Waals surface area contributed by atoms with Gasteiger partial charge in [-0.15, -0.1) is 6.58 Å². The van der Waals surface area contributed by atoms with Crippen molar-refractivity contribution in [3.63, 3.8) is 0 Å². The molecule has 0 radical (unpaired) electrons. The fourth-order valence-corrected chi connectivity index (χ4v) is 4.53. The van der Waals surface area contributed by atoms with Crippen molar-refractivity contribution in [3.05, 3.63) is 83.7 Å². The van der Waals surface area contributed by atoms with E-state index in [4.69, 9.17) is 0 Å². The Hall–Kier alpha value is -2.55. The molecule has 1 aliphatic carbocycles. The molecular weight excluding hydrogens is 369 g/mol. The summed E-state index contributed by atoms with van der Waals surface area (Å²) < 4.78 is 44.1. The molecule has 3 aromatic carbocycles. The summed E-state index contributed by atoms with van der Waals surface area (Å²) in [5.74, 6) is -1.67. The largest absolute Gasteiger partial charge is 0.206 e. The first-order valence-corrected chi connectivity index (χ1v) is 10.4. The lowest BCUT2D eigenvalue weighted by atomic mass is 9.78. The van der Waals surface area contributed by atoms with Crippen molar-refractivity contribution < 1.29 is 13.2 Å². The lowest BCUT2D eigenvalue weighted by Gasteiger charge is -2.27. The average Bonchev–Trinajstić information content (AvgIpc) is 2.76. The molecule has 1 fully saturated rings. The molecule has 0 nitrogen and oxygen atoms in total. The van der Waals surface area contributed by atoms with Crippen LogP contribution >= 0.6 is 0 Å². The van der Waals surface area contributed by atoms with Crippen molar-refractivity contribution in [2.45, 2.75) is 44.9 Å². The maximum atomic E-state index is 14.8. The molecule has 0 heterocycles. The van der Waals surface area contributed by atoms with E-state index in [0.717, 1.165) is 25.7 Å². The molecule has 0 aromatic heterocycles. The minimum absolute atomic E-state index is 0.167. The molecule has 1 saturated carbocycles. The molecule has 0 atom stereocenters. The van der Waals surface area contributed by atoms with Gasteiger partial charge < -0.3 is 0 Å². The molecule has 0 spiro atoms. The summed E-state index contributed by atoms with van der Waals surface area (Å²) in [6.07, 6.45) is 7.00. The van der Waals surface area contributed by atoms with Gasteiger partial charge in [-0.1, -0.05) is 49.4 Å². The number of aryl methyl sites for hydroxylation is 1. The van der Waals surface area contributed by atoms with Crippen molar-refractivity contribution in [2.75, 3.05) is 0 Å². The van der Waals surface area contributed by atoms with Crippen LogP contribution in [0.3, 0.4) is 0 Å². The smallest absolute Gasteiger partial charge is 0.170 e. The van der Waals surface area contributed by atoms with Crippen LogP contribution in [0.25, 0.3) is 21.9 Å². The Morgan fingerprint density at radius 1 is 0.897 bits per heavy atom. The van der Waals surface area contributed by atoms with Crippen LogP contribution in [0.2, 0.25) is 0 Å². The fraction of sp³-hybridized carbons (Fsp3) is 0.308. The minimum Gasteiger partial charge on any atom is -0.206 e. The highest BCUT2D eigenvalue weighted by atomic mass is 19.2. The van der Waals surface area contributed by atoms with Gasteiger partial charge in [0.05, 0.1) is 5.39 Å². The highest BCUT2D eigenvalue weighted by Crippen LogP contribution is 2.38. The standard InChI is InChI=1S/C26H25F3/c1-3-16-5-7-18(8-6-16)19-10-12-20(13-11-19)22-15-21-14-9-17(4-2)24(27)23(21)26(29)25(22)28/h3,9-16,18H,1,4-8H2,2H3. The maximum Gasteiger partial charge on any atom is 0.170 e. The molecule has 0 N–H and O–H groups in total. The van der Waals surface area contributed by atoms with Gasteiger partial charge in [0.2, 0.25) is 0 Å². The van der Waals surface area contributed by atoms with Gasteiger partial charge in [0.1, 0.15) is 5.82 Å². The lowest BCUT2D eigenvalue weighted by molar-refractivity contribution is 0.376. The molecule has 29 heavy (non-hydrogen) atoms. The molecular formula is C26H25F3. The normalized spacial score (nSPS) is 19.4. The van der Waals surface area contributed by atoms with E-state index in [2.05, 4.69) is 6.58 Å². The van der Waals surface area contributed by atoms with Gasteiger partial charge in [-0.2, -0.15) is 0 Å². The van der Waals surface area contributed by atoms with Gasteiger partial charge in [0.15, 0.2) is 11.6 Å². The van der Waals surface area contributed by atoms with E-state index in [9.17, 15) is 13.2 Å². The summed E-state index contributed by atoms with van der Waals surface area (Å²) >= 11 is 0. The van der Waals surface area contributed by atoms with Gasteiger partial charge in [-0.3, -0.25) is 0 Å². The van der Waals surface area contributed by atoms with Crippen molar-refractivity contribution in [3.8, 4) is 11.1 Å². The molecule has 3 heteroatoms. The third kappa shape index (κ3) is 3.59. The summed E-state index contributed by atoms with van der Waals surface area (Å²) in [4.78, 5) is 0. The zero-order chi connectivity index (χ0) is 20.5. The monoisotopic (exact) mass is 394 g/mol. The van der Waals surface area contributed by atoms with Gasteiger partial charge in [-0.25, -0.2) is 13.2 Å². The Kier molecular flexibility index (Phi) is 5.49. The van der Waals surface area contributed by atoms with Crippen molar-refractivity contribution >= 4 is 10.8 Å². The first kappa shape index (κ1) is 19.8. The van der Waals surface area contributed by atoms with E-state index in [0.29, 0.717) is 34.8 Å². The molecule has 0 aliphatic heterocycles. The Morgan fingerprint density at radius 3 is 2.21 bits per heavy atom. The van der Waals surface area contributed by atoms with Crippen LogP contribution in [0.15, 0.2) is 55.1 Å². The number of allylic oxidation sites excluding steroid dienone is 1. The quantitative estimate of drug-likeness (QED) is 0.394. The van der Waals surface area contributed by atoms with Crippen molar-refractivity contribution in [1.82, 2.24) is 0 Å². The summed E-state index contributed by atoms with van der Waals surface area (Å²) in [5.41, 5.74) is 2.39. The van der Waals surface area contributed by atoms with Crippen LogP contribution in [-0.2, 0) is 6.42 Å². The Morgan fingerprint density at radius 2 is 1.59 bits per heavy atom. The van der Waals surface area contributed by atoms with Gasteiger partial charge in [0.25, 0.3) is 0 Å². The molecule has 1 aliphatic rings. The summed E-state index contributed by atoms with van der Waals surface area (Å²) in [6.45, 7) is 5.68. The lowest BCUT2D eigenvalue weighted by Crippen LogP contribution is -2.11. The highest BCUT2D eigenvalue weighted by molar-refractivity contribution is 5.89. The van der Waals surface area contributed by atoms with Crippen LogP contribution in [0.5, 0.6) is 0 Å². The molecule has 3 aromatic rings. The number of fused-ring (bicyclic) bond motifs is 1. The van der Waals surface area contributed by atoms with Gasteiger partial charge in [-0.05, 0) is 72.1 Å². The van der Waals surface area contributed by atoms with Crippen molar-refractivity contribution in [1.29, 1.82) is 0 Å². The molecule has 0 bridgehead atoms. The Balaban J connectivity index is 1.68. The van der Waals surface area contributed by atoms with E-state index in [1.165, 1.54) is 5.56 Å². The summed E-state index contributed by atoms with van der Waals surface area (Å²) in [6, 6.07) is 12.6. The fourth-order valence-electron chi connectivity index (χ4n) is 4.53. The number of benzene rings is 3. The van der Waals surface area contributed by atoms with Crippen LogP contribution in [0.1, 0.15) is 49.7 Å². The maximum absolute atomic E-state index is 14.8. The third-order valence-electron chi connectivity index (χ3n) is 6.38. The zero-order valence-electron chi connectivity index (χ0n) is 16.7. The zero-order valence-corrected chi connectivity index (χ0v) is 16.7. The van der Waals surface area contributed by atoms with Crippen LogP contribution in [0, 0.1) is 23.4 Å². The van der Waals surface area contributed by atoms with E-state index in [1.807, 2.05) is 30.3 Å². The SMILES string of the molecule is C=CC1CCC(c2ccc(-c3cc4ccc(CC)c(F)c4c(F)c3F)cc2)CC1. The Labute approximate surface area is 170 Å². The van der Waals surface area contributed by atoms with Gasteiger partial charge in [0, 0.05) is 5.56 Å². The van der Waals surface area contributed by atoms with Gasteiger partial charge >= 0.3 is 0 Å². The predicted octanol–water partition coefficient (Wildman–Crippen LogP) is 7.95. The minimum atomic E-state index is -1.11. The highest BCUT2D eigenvalue weighted by Gasteiger charge is 2.22. The number of hydrogen-bond acceptors (Lipinski definition) is 0. The summed E-state index contributed by atoms with van der Waals surface area (Å²) in [7, 11) is 0. The molecule has 150 valence electrons. The second kappa shape index (κ2) is 8.06. The average molecular weight is 394 g/mol. The first-order valence-electron chi connectivity index (χ1n) is 10.4. The third-order valence-corrected chi connectivity index (χ3v) is 6.38. The van der Waals surface area contributed by atoms with E-state index < -0.39 is 17.5 Å². The van der Waals surface area contributed by atoms with Crippen LogP contribution in [0.4, 0.5) is 13.2 Å². The molecule has 0 saturated heterocycles. The number of rotatable bonds is 4. The van der Waals surface area contributed by atoms with E-state index in [-0.39, 0.29) is 10.9 Å². The predicted molar refractivity (Wildman–Crippen MR) is 114 cm³/mol. The van der Waals surface area contributed by atoms with E-state index in [1.54, 1.807) is 25.1 Å². The Bertz CT molecular complexity index is 1040. The summed E-state index contributed by atoms with van der Waals surface area (Å²) in [5, 5.41) is 0.113. The van der Waals surface area contributed by atoms with Crippen LogP contribution < -0.4 is 0 Å². The molecule has 0 unspecified atom stereocenters. The second-order valence-corrected chi connectivity index (χ2v) is 8.01. The molecule has 0 amide bonds.